The van der Waals surface area contributed by atoms with Gasteiger partial charge in [-0.05, 0) is 69.1 Å². The van der Waals surface area contributed by atoms with E-state index in [0.717, 1.165) is 50.2 Å². The molecule has 5 heteroatoms. The Balaban J connectivity index is 1.41. The fraction of sp³-hybridized carbons (Fsp3) is 0.167. The van der Waals surface area contributed by atoms with E-state index >= 15 is 0 Å². The number of nitrogens with one attached hydrogen (secondary N) is 2. The molecule has 0 spiro atoms. The highest BCUT2D eigenvalue weighted by molar-refractivity contribution is 8.02. The SMILES string of the molecule is CC1CSC=C1C(=O)Nc1ccc2cc(-c3ccc4c(c3)CC(=O)N4)ccc2c1. The molecule has 0 aliphatic carbocycles. The zero-order valence-electron chi connectivity index (χ0n) is 16.0. The van der Waals surface area contributed by atoms with Gasteiger partial charge < -0.3 is 10.6 Å². The van der Waals surface area contributed by atoms with Crippen molar-refractivity contribution in [1.82, 2.24) is 0 Å². The molecule has 144 valence electrons. The topological polar surface area (TPSA) is 58.2 Å². The van der Waals surface area contributed by atoms with Crippen molar-refractivity contribution in [3.8, 4) is 11.1 Å². The molecule has 2 amide bonds. The summed E-state index contributed by atoms with van der Waals surface area (Å²) in [6.07, 6.45) is 0.438. The molecule has 1 unspecified atom stereocenters. The third-order valence-electron chi connectivity index (χ3n) is 5.51. The second kappa shape index (κ2) is 7.08. The molecule has 2 heterocycles. The Labute approximate surface area is 173 Å². The third kappa shape index (κ3) is 3.42. The van der Waals surface area contributed by atoms with Gasteiger partial charge in [-0.25, -0.2) is 0 Å². The predicted octanol–water partition coefficient (Wildman–Crippen LogP) is 5.21. The van der Waals surface area contributed by atoms with Crippen LogP contribution in [0, 0.1) is 5.92 Å². The van der Waals surface area contributed by atoms with E-state index in [4.69, 9.17) is 0 Å². The molecule has 1 atom stereocenters. The smallest absolute Gasteiger partial charge is 0.252 e. The summed E-state index contributed by atoms with van der Waals surface area (Å²) >= 11 is 1.69. The first-order valence-electron chi connectivity index (χ1n) is 9.67. The van der Waals surface area contributed by atoms with E-state index < -0.39 is 0 Å². The number of anilines is 2. The Morgan fingerprint density at radius 3 is 2.62 bits per heavy atom. The lowest BCUT2D eigenvalue weighted by atomic mass is 9.98. The van der Waals surface area contributed by atoms with Crippen molar-refractivity contribution >= 4 is 45.7 Å². The lowest BCUT2D eigenvalue weighted by Gasteiger charge is -2.11. The van der Waals surface area contributed by atoms with E-state index in [1.165, 1.54) is 0 Å². The number of amides is 2. The summed E-state index contributed by atoms with van der Waals surface area (Å²) in [6.45, 7) is 2.08. The molecule has 0 radical (unpaired) electrons. The van der Waals surface area contributed by atoms with Gasteiger partial charge in [-0.15, -0.1) is 11.8 Å². The van der Waals surface area contributed by atoms with Crippen molar-refractivity contribution in [3.05, 3.63) is 71.1 Å². The van der Waals surface area contributed by atoms with Crippen molar-refractivity contribution in [1.29, 1.82) is 0 Å². The molecule has 2 aliphatic rings. The number of benzene rings is 3. The highest BCUT2D eigenvalue weighted by Crippen LogP contribution is 2.32. The molecule has 3 aromatic rings. The third-order valence-corrected chi connectivity index (χ3v) is 6.62. The molecular formula is C24H20N2O2S. The second-order valence-electron chi connectivity index (χ2n) is 7.64. The van der Waals surface area contributed by atoms with E-state index in [9.17, 15) is 9.59 Å². The first-order valence-corrected chi connectivity index (χ1v) is 10.7. The second-order valence-corrected chi connectivity index (χ2v) is 8.54. The standard InChI is InChI=1S/C24H20N2O2S/c1-14-12-29-13-21(14)24(28)25-20-6-4-16-8-15(2-3-18(16)10-20)17-5-7-22-19(9-17)11-23(27)26-22/h2-10,13-14H,11-12H2,1H3,(H,25,28)(H,26,27). The number of carbonyl (C=O) groups is 2. The number of hydrogen-bond donors (Lipinski definition) is 2. The van der Waals surface area contributed by atoms with Crippen LogP contribution in [0.25, 0.3) is 21.9 Å². The largest absolute Gasteiger partial charge is 0.326 e. The van der Waals surface area contributed by atoms with Crippen LogP contribution in [0.15, 0.2) is 65.6 Å². The fourth-order valence-electron chi connectivity index (χ4n) is 3.88. The normalized spacial score (nSPS) is 17.8. The molecule has 29 heavy (non-hydrogen) atoms. The van der Waals surface area contributed by atoms with Crippen LogP contribution in [0.2, 0.25) is 0 Å². The molecule has 0 bridgehead atoms. The van der Waals surface area contributed by atoms with Gasteiger partial charge in [0, 0.05) is 22.7 Å². The first kappa shape index (κ1) is 18.0. The molecule has 5 rings (SSSR count). The van der Waals surface area contributed by atoms with Crippen LogP contribution in [0.5, 0.6) is 0 Å². The van der Waals surface area contributed by atoms with Crippen molar-refractivity contribution in [2.24, 2.45) is 5.92 Å². The van der Waals surface area contributed by atoms with Gasteiger partial charge in [0.05, 0.1) is 6.42 Å². The maximum Gasteiger partial charge on any atom is 0.252 e. The zero-order valence-corrected chi connectivity index (χ0v) is 16.8. The van der Waals surface area contributed by atoms with Crippen LogP contribution in [0.3, 0.4) is 0 Å². The summed E-state index contributed by atoms with van der Waals surface area (Å²) in [5.41, 5.74) is 5.82. The van der Waals surface area contributed by atoms with Gasteiger partial charge >= 0.3 is 0 Å². The van der Waals surface area contributed by atoms with E-state index in [-0.39, 0.29) is 11.8 Å². The van der Waals surface area contributed by atoms with Crippen LogP contribution in [-0.4, -0.2) is 17.6 Å². The van der Waals surface area contributed by atoms with Crippen LogP contribution in [0.4, 0.5) is 11.4 Å². The molecule has 0 aromatic heterocycles. The minimum absolute atomic E-state index is 0.0141. The first-order chi connectivity index (χ1) is 14.1. The van der Waals surface area contributed by atoms with Gasteiger partial charge in [-0.3, -0.25) is 9.59 Å². The highest BCUT2D eigenvalue weighted by atomic mass is 32.2. The summed E-state index contributed by atoms with van der Waals surface area (Å²) < 4.78 is 0. The lowest BCUT2D eigenvalue weighted by molar-refractivity contribution is -0.115. The number of fused-ring (bicyclic) bond motifs is 2. The summed E-state index contributed by atoms with van der Waals surface area (Å²) in [5.74, 6) is 1.29. The minimum Gasteiger partial charge on any atom is -0.326 e. The summed E-state index contributed by atoms with van der Waals surface area (Å²) in [4.78, 5) is 24.1. The Morgan fingerprint density at radius 2 is 1.79 bits per heavy atom. The van der Waals surface area contributed by atoms with E-state index in [1.807, 2.05) is 35.7 Å². The van der Waals surface area contributed by atoms with Crippen LogP contribution in [-0.2, 0) is 16.0 Å². The molecule has 4 nitrogen and oxygen atoms in total. The molecule has 3 aromatic carbocycles. The Morgan fingerprint density at radius 1 is 1.03 bits per heavy atom. The maximum atomic E-state index is 12.5. The van der Waals surface area contributed by atoms with Gasteiger partial charge in [0.15, 0.2) is 0 Å². The van der Waals surface area contributed by atoms with Crippen molar-refractivity contribution in [3.63, 3.8) is 0 Å². The number of thioether (sulfide) groups is 1. The van der Waals surface area contributed by atoms with Crippen molar-refractivity contribution < 1.29 is 9.59 Å². The number of carbonyl (C=O) groups excluding carboxylic acids is 2. The summed E-state index contributed by atoms with van der Waals surface area (Å²) in [5, 5.41) is 10.0. The Bertz CT molecular complexity index is 1200. The monoisotopic (exact) mass is 400 g/mol. The average molecular weight is 401 g/mol. The number of hydrogen-bond acceptors (Lipinski definition) is 3. The minimum atomic E-state index is -0.0141. The predicted molar refractivity (Wildman–Crippen MR) is 120 cm³/mol. The molecule has 2 aliphatic heterocycles. The van der Waals surface area contributed by atoms with Crippen LogP contribution >= 0.6 is 11.8 Å². The van der Waals surface area contributed by atoms with Crippen molar-refractivity contribution in [2.45, 2.75) is 13.3 Å². The van der Waals surface area contributed by atoms with Gasteiger partial charge in [-0.2, -0.15) is 0 Å². The van der Waals surface area contributed by atoms with E-state index in [2.05, 4.69) is 41.8 Å². The molecule has 2 N–H and O–H groups in total. The van der Waals surface area contributed by atoms with E-state index in [1.54, 1.807) is 11.8 Å². The maximum absolute atomic E-state index is 12.5. The quantitative estimate of drug-likeness (QED) is 0.635. The Kier molecular flexibility index (Phi) is 4.40. The van der Waals surface area contributed by atoms with Gasteiger partial charge in [-0.1, -0.05) is 31.2 Å². The molecule has 0 saturated carbocycles. The van der Waals surface area contributed by atoms with Crippen LogP contribution in [0.1, 0.15) is 12.5 Å². The lowest BCUT2D eigenvalue weighted by Crippen LogP contribution is -2.17. The summed E-state index contributed by atoms with van der Waals surface area (Å²) in [6, 6.07) is 18.4. The average Bonchev–Trinajstić information content (AvgIpc) is 3.31. The van der Waals surface area contributed by atoms with Crippen molar-refractivity contribution in [2.75, 3.05) is 16.4 Å². The van der Waals surface area contributed by atoms with E-state index in [0.29, 0.717) is 12.3 Å². The number of rotatable bonds is 3. The van der Waals surface area contributed by atoms with Gasteiger partial charge in [0.2, 0.25) is 5.91 Å². The zero-order chi connectivity index (χ0) is 20.0. The van der Waals surface area contributed by atoms with Crippen LogP contribution < -0.4 is 10.6 Å². The molecule has 0 saturated heterocycles. The Hall–Kier alpha value is -3.05. The molecule has 0 fully saturated rings. The van der Waals surface area contributed by atoms with Gasteiger partial charge in [0.25, 0.3) is 5.91 Å². The fourth-order valence-corrected chi connectivity index (χ4v) is 4.96. The summed E-state index contributed by atoms with van der Waals surface area (Å²) in [7, 11) is 0. The highest BCUT2D eigenvalue weighted by Gasteiger charge is 2.21. The van der Waals surface area contributed by atoms with Gasteiger partial charge in [0.1, 0.15) is 0 Å². The molecular weight excluding hydrogens is 380 g/mol.